The first-order valence-electron chi connectivity index (χ1n) is 2.02. The van der Waals surface area contributed by atoms with Crippen LogP contribution in [0.1, 0.15) is 0 Å². The Kier molecular flexibility index (Phi) is 3.40. The normalized spacial score (nSPS) is 10.7. The van der Waals surface area contributed by atoms with Gasteiger partial charge in [-0.05, 0) is 0 Å². The summed E-state index contributed by atoms with van der Waals surface area (Å²) < 4.78 is -1.72. The van der Waals surface area contributed by atoms with Gasteiger partial charge in [0.2, 0.25) is 0 Å². The number of alkyl halides is 3. The van der Waals surface area contributed by atoms with Gasteiger partial charge in [0.15, 0.2) is 0 Å². The third kappa shape index (κ3) is 6.02. The van der Waals surface area contributed by atoms with Crippen molar-refractivity contribution in [1.29, 1.82) is 0 Å². The molecule has 9 heavy (non-hydrogen) atoms. The van der Waals surface area contributed by atoms with Gasteiger partial charge in [-0.25, -0.2) is 4.79 Å². The van der Waals surface area contributed by atoms with Crippen LogP contribution in [-0.2, 0) is 0 Å². The molecule has 0 atom stereocenters. The van der Waals surface area contributed by atoms with E-state index in [1.54, 1.807) is 0 Å². The maximum absolute atomic E-state index is 10.4. The second-order valence-electron chi connectivity index (χ2n) is 1.20. The van der Waals surface area contributed by atoms with Gasteiger partial charge in [0.1, 0.15) is 0 Å². The highest BCUT2D eigenvalue weighted by atomic mass is 35.6. The fraction of sp³-hybridized carbons (Fsp3) is 0.667. The number of urea groups is 1. The summed E-state index contributed by atoms with van der Waals surface area (Å²) in [5.41, 5.74) is 0. The lowest BCUT2D eigenvalue weighted by atomic mass is 10.9. The molecule has 0 saturated carbocycles. The number of amides is 2. The lowest BCUT2D eigenvalue weighted by Gasteiger charge is -2.11. The summed E-state index contributed by atoms with van der Waals surface area (Å²) in [6.07, 6.45) is 0. The highest BCUT2D eigenvalue weighted by molar-refractivity contribution is 6.67. The molecule has 6 heteroatoms. The minimum Gasteiger partial charge on any atom is -0.341 e. The molecule has 0 aromatic heterocycles. The van der Waals surface area contributed by atoms with E-state index in [0.29, 0.717) is 0 Å². The first-order valence-corrected chi connectivity index (χ1v) is 3.15. The van der Waals surface area contributed by atoms with Crippen LogP contribution < -0.4 is 10.6 Å². The van der Waals surface area contributed by atoms with E-state index in [-0.39, 0.29) is 0 Å². The fourth-order valence-electron chi connectivity index (χ4n) is 0.191. The zero-order chi connectivity index (χ0) is 7.49. The van der Waals surface area contributed by atoms with E-state index < -0.39 is 9.95 Å². The van der Waals surface area contributed by atoms with Crippen molar-refractivity contribution < 1.29 is 4.79 Å². The third-order valence-electron chi connectivity index (χ3n) is 0.482. The monoisotopic (exact) mass is 190 g/mol. The van der Waals surface area contributed by atoms with Crippen LogP contribution in [0.15, 0.2) is 0 Å². The number of carbonyl (C=O) groups excluding carboxylic acids is 1. The topological polar surface area (TPSA) is 41.1 Å². The van der Waals surface area contributed by atoms with Crippen molar-refractivity contribution in [3.05, 3.63) is 0 Å². The zero-order valence-electron chi connectivity index (χ0n) is 4.54. The first kappa shape index (κ1) is 9.14. The third-order valence-corrected chi connectivity index (χ3v) is 0.766. The first-order chi connectivity index (χ1) is 3.95. The molecule has 0 unspecified atom stereocenters. The lowest BCUT2D eigenvalue weighted by Crippen LogP contribution is -2.40. The summed E-state index contributed by atoms with van der Waals surface area (Å²) in [5, 5.41) is 4.23. The number of halogens is 3. The van der Waals surface area contributed by atoms with E-state index in [4.69, 9.17) is 34.8 Å². The van der Waals surface area contributed by atoms with Gasteiger partial charge in [-0.1, -0.05) is 34.8 Å². The van der Waals surface area contributed by atoms with E-state index in [2.05, 4.69) is 5.32 Å². The minimum absolute atomic E-state index is 0.532. The van der Waals surface area contributed by atoms with E-state index in [9.17, 15) is 4.79 Å². The molecular weight excluding hydrogens is 186 g/mol. The van der Waals surface area contributed by atoms with Gasteiger partial charge in [-0.2, -0.15) is 0 Å². The molecule has 0 aliphatic heterocycles. The van der Waals surface area contributed by atoms with Gasteiger partial charge in [-0.3, -0.25) is 5.32 Å². The zero-order valence-corrected chi connectivity index (χ0v) is 6.81. The van der Waals surface area contributed by atoms with Crippen LogP contribution in [0.25, 0.3) is 0 Å². The highest BCUT2D eigenvalue weighted by Crippen LogP contribution is 2.21. The molecular formula is C3H5Cl3N2O. The Bertz CT molecular complexity index is 110. The van der Waals surface area contributed by atoms with Crippen molar-refractivity contribution in [3.63, 3.8) is 0 Å². The van der Waals surface area contributed by atoms with Gasteiger partial charge in [0, 0.05) is 7.05 Å². The molecule has 0 radical (unpaired) electrons. The predicted octanol–water partition coefficient (Wildman–Crippen LogP) is 1.24. The summed E-state index contributed by atoms with van der Waals surface area (Å²) in [5.74, 6) is 0. The van der Waals surface area contributed by atoms with Crippen molar-refractivity contribution >= 4 is 40.8 Å². The van der Waals surface area contributed by atoms with Crippen LogP contribution in [0.5, 0.6) is 0 Å². The van der Waals surface area contributed by atoms with Gasteiger partial charge >= 0.3 is 6.03 Å². The molecule has 0 spiro atoms. The Morgan fingerprint density at radius 3 is 2.00 bits per heavy atom. The van der Waals surface area contributed by atoms with Crippen molar-refractivity contribution in [2.45, 2.75) is 3.92 Å². The lowest BCUT2D eigenvalue weighted by molar-refractivity contribution is 0.243. The molecule has 0 aliphatic rings. The van der Waals surface area contributed by atoms with Crippen molar-refractivity contribution in [1.82, 2.24) is 10.6 Å². The molecule has 0 aromatic carbocycles. The van der Waals surface area contributed by atoms with Crippen LogP contribution in [0.4, 0.5) is 4.79 Å². The van der Waals surface area contributed by atoms with E-state index in [1.807, 2.05) is 5.32 Å². The molecule has 0 saturated heterocycles. The molecule has 2 amide bonds. The Morgan fingerprint density at radius 1 is 1.44 bits per heavy atom. The van der Waals surface area contributed by atoms with Crippen LogP contribution in [0.2, 0.25) is 0 Å². The average molecular weight is 191 g/mol. The van der Waals surface area contributed by atoms with Crippen molar-refractivity contribution in [3.8, 4) is 0 Å². The Hall–Kier alpha value is 0.140. The van der Waals surface area contributed by atoms with Gasteiger partial charge in [-0.15, -0.1) is 0 Å². The molecule has 0 aromatic rings. The van der Waals surface area contributed by atoms with E-state index in [0.717, 1.165) is 0 Å². The number of nitrogens with one attached hydrogen (secondary N) is 2. The fourth-order valence-corrected chi connectivity index (χ4v) is 0.449. The molecule has 0 aliphatic carbocycles. The highest BCUT2D eigenvalue weighted by Gasteiger charge is 2.20. The van der Waals surface area contributed by atoms with Crippen molar-refractivity contribution in [2.75, 3.05) is 7.05 Å². The number of rotatable bonds is 0. The maximum atomic E-state index is 10.4. The molecule has 0 bridgehead atoms. The second-order valence-corrected chi connectivity index (χ2v) is 3.48. The Balaban J connectivity index is 3.60. The summed E-state index contributed by atoms with van der Waals surface area (Å²) >= 11 is 15.5. The maximum Gasteiger partial charge on any atom is 0.317 e. The van der Waals surface area contributed by atoms with Crippen LogP contribution in [0.3, 0.4) is 0 Å². The van der Waals surface area contributed by atoms with Gasteiger partial charge in [0.05, 0.1) is 0 Å². The Labute approximate surface area is 67.6 Å². The Morgan fingerprint density at radius 2 is 1.89 bits per heavy atom. The minimum atomic E-state index is -1.72. The van der Waals surface area contributed by atoms with Crippen LogP contribution >= 0.6 is 34.8 Å². The van der Waals surface area contributed by atoms with Crippen molar-refractivity contribution in [2.24, 2.45) is 0 Å². The molecule has 0 fully saturated rings. The number of carbonyl (C=O) groups is 1. The van der Waals surface area contributed by atoms with Gasteiger partial charge in [0.25, 0.3) is 3.92 Å². The SMILES string of the molecule is CNC(=O)NC(Cl)(Cl)Cl. The second kappa shape index (κ2) is 3.34. The average Bonchev–Trinajstić information content (AvgIpc) is 1.62. The smallest absolute Gasteiger partial charge is 0.317 e. The van der Waals surface area contributed by atoms with Crippen LogP contribution in [-0.4, -0.2) is 17.0 Å². The summed E-state index contributed by atoms with van der Waals surface area (Å²) in [6, 6.07) is -0.532. The molecule has 0 rings (SSSR count). The van der Waals surface area contributed by atoms with Crippen LogP contribution in [0, 0.1) is 0 Å². The van der Waals surface area contributed by atoms with Gasteiger partial charge < -0.3 is 5.32 Å². The predicted molar refractivity (Wildman–Crippen MR) is 37.9 cm³/mol. The number of hydrogen-bond donors (Lipinski definition) is 2. The van der Waals surface area contributed by atoms with E-state index >= 15 is 0 Å². The summed E-state index contributed by atoms with van der Waals surface area (Å²) in [6.45, 7) is 0. The summed E-state index contributed by atoms with van der Waals surface area (Å²) in [4.78, 5) is 10.4. The van der Waals surface area contributed by atoms with E-state index in [1.165, 1.54) is 7.05 Å². The molecule has 0 heterocycles. The standard InChI is InChI=1S/C3H5Cl3N2O/c1-7-2(9)8-3(4,5)6/h1H3,(H2,7,8,9). The largest absolute Gasteiger partial charge is 0.341 e. The quantitative estimate of drug-likeness (QED) is 0.439. The molecule has 54 valence electrons. The summed E-state index contributed by atoms with van der Waals surface area (Å²) in [7, 11) is 1.42. The number of hydrogen-bond acceptors (Lipinski definition) is 1. The molecule has 2 N–H and O–H groups in total. The molecule has 3 nitrogen and oxygen atoms in total.